The number of nitrogen functional groups attached to an aromatic ring is 5. The molecule has 11 rings (SSSR count). The monoisotopic (exact) mass is 1450 g/mol. The molecule has 0 aliphatic heterocycles. The maximum absolute atomic E-state index is 11.3. The van der Waals surface area contributed by atoms with E-state index in [1.807, 2.05) is 6.07 Å². The van der Waals surface area contributed by atoms with E-state index in [9.17, 15) is 19.9 Å². The summed E-state index contributed by atoms with van der Waals surface area (Å²) >= 11 is 47.7. The summed E-state index contributed by atoms with van der Waals surface area (Å²) < 4.78 is 12.6. The number of nitriles is 1. The number of aromatic amines is 2. The summed E-state index contributed by atoms with van der Waals surface area (Å²) in [6, 6.07) is 28.9. The maximum Gasteiger partial charge on any atom is 0.490 e. The highest BCUT2D eigenvalue weighted by molar-refractivity contribution is 9.10. The van der Waals surface area contributed by atoms with Crippen molar-refractivity contribution in [3.05, 3.63) is 173 Å². The largest absolute Gasteiger partial charge is 0.497 e. The summed E-state index contributed by atoms with van der Waals surface area (Å²) in [4.78, 5) is 48.1. The van der Waals surface area contributed by atoms with Crippen LogP contribution in [0.3, 0.4) is 0 Å². The molecule has 28 nitrogen and oxygen atoms in total. The molecule has 0 spiro atoms. The minimum atomic E-state index is -1.56. The highest BCUT2D eigenvalue weighted by atomic mass is 79.9. The number of halogens is 9. The van der Waals surface area contributed by atoms with Crippen molar-refractivity contribution in [3.63, 3.8) is 0 Å². The summed E-state index contributed by atoms with van der Waals surface area (Å²) in [7, 11) is 1.52. The Labute approximate surface area is 541 Å². The molecule has 0 unspecified atom stereocenters. The number of nitrogens with two attached hydrogens (primary N) is 6. The Kier molecular flexibility index (Phi) is 25.7. The van der Waals surface area contributed by atoms with Crippen molar-refractivity contribution in [1.29, 1.82) is 5.26 Å². The SMILES string of the molecule is COc1ccc(Cl)c(-c2cc3nnc(N)nc3cc2Cl)c1.COc1ccc(Cl)c(B(O)O)c1.N#CN.Nc1cc(Cl)ccc1[N+](=O)[O-].Nc1nc2cc(Cl)c(Br)cc2[n+](=O)[nH]1.Nc1nc2cc(Cl)ccc2[n+](=O)[nH]1.Nc1nnc2cc(Br)c(Cl)cc2n1. The Morgan fingerprint density at radius 2 is 1.02 bits per heavy atom. The number of methoxy groups -OCH3 is 2. The summed E-state index contributed by atoms with van der Waals surface area (Å²) in [6.45, 7) is 0. The van der Waals surface area contributed by atoms with Gasteiger partial charge < -0.3 is 53.9 Å². The van der Waals surface area contributed by atoms with E-state index in [2.05, 4.69) is 88.1 Å². The van der Waals surface area contributed by atoms with Gasteiger partial charge in [-0.25, -0.2) is 19.9 Å². The highest BCUT2D eigenvalue weighted by Crippen LogP contribution is 2.37. The lowest BCUT2D eigenvalue weighted by Crippen LogP contribution is -2.30. The molecule has 0 aliphatic rings. The fourth-order valence-corrected chi connectivity index (χ4v) is 8.69. The normalized spacial score (nSPS) is 10.1. The first-order valence-corrected chi connectivity index (χ1v) is 27.5. The van der Waals surface area contributed by atoms with Crippen LogP contribution in [-0.2, 0) is 0 Å². The third-order valence-electron chi connectivity index (χ3n) is 10.5. The van der Waals surface area contributed by atoms with Gasteiger partial charge in [0.25, 0.3) is 17.6 Å². The predicted molar refractivity (Wildman–Crippen MR) is 344 cm³/mol. The number of hydrogen-bond acceptors (Lipinski definition) is 23. The minimum absolute atomic E-state index is 0.0471. The average Bonchev–Trinajstić information content (AvgIpc) is 1.99. The van der Waals surface area contributed by atoms with E-state index < -0.39 is 12.0 Å². The standard InChI is InChI=1S/C14H10Cl2N4O.C7H8BClO3.C7H5BrClN4O.C7H4BrClN4.C7H6ClN4O.C6H5ClN2O2.CH2N2/c1-21-7-2-3-10(15)8(4-7)9-5-13-12(6-11(9)16)18-14(17)20-19-13;1-12-5-2-3-7(9)6(4-5)8(10)11;8-3-1-6-5(2-4(3)9)11-7(10)12-13(6)14;8-3-1-6-5(2-4(3)9)11-7(10)13-12-6;8-4-1-2-6-5(3-4)10-7(9)11-12(6)13;7-4-1-2-6(9(10)11)5(8)3-4;2-1-3/h2-6H,1H3,(H2,17,18,20);2-4,10-11H,1H3;1-2H,(H3,10,11,12,14);1-2H,(H2,10,11,13);1-3H,(H3,9,10,11,13);1-3H,8H2;2H2/q;;+1;;+1;;. The molecule has 0 fully saturated rings. The van der Waals surface area contributed by atoms with E-state index in [4.69, 9.17) is 135 Å². The van der Waals surface area contributed by atoms with Gasteiger partial charge in [0.2, 0.25) is 11.9 Å². The molecule has 7 aromatic carbocycles. The number of anilines is 5. The molecule has 87 heavy (non-hydrogen) atoms. The number of hydrogen-bond donors (Lipinski definition) is 10. The van der Waals surface area contributed by atoms with E-state index in [1.54, 1.807) is 86.0 Å². The van der Waals surface area contributed by atoms with Crippen molar-refractivity contribution >= 4 is 205 Å². The molecule has 0 saturated heterocycles. The predicted octanol–water partition coefficient (Wildman–Crippen LogP) is 9.09. The number of nitrogens with one attached hydrogen (secondary N) is 2. The van der Waals surface area contributed by atoms with Gasteiger partial charge in [0.1, 0.15) is 39.3 Å². The Balaban J connectivity index is 0.000000191. The van der Waals surface area contributed by atoms with Gasteiger partial charge >= 0.3 is 18.2 Å². The fraction of sp³-hybridized carbons (Fsp3) is 0.0408. The zero-order chi connectivity index (χ0) is 64.4. The first-order valence-electron chi connectivity index (χ1n) is 23.3. The van der Waals surface area contributed by atoms with Crippen LogP contribution in [0.4, 0.5) is 35.2 Å². The van der Waals surface area contributed by atoms with E-state index >= 15 is 0 Å². The zero-order valence-electron chi connectivity index (χ0n) is 44.0. The molecular formula is C49H40BBr2Cl7N20O8+2. The van der Waals surface area contributed by atoms with Crippen LogP contribution in [0.1, 0.15) is 0 Å². The number of rotatable bonds is 5. The van der Waals surface area contributed by atoms with Crippen LogP contribution in [0.25, 0.3) is 55.3 Å². The number of nitro benzene ring substituents is 1. The number of nitro groups is 1. The van der Waals surface area contributed by atoms with Gasteiger partial charge in [0, 0.05) is 63.8 Å². The Bertz CT molecular complexity index is 4480. The molecule has 4 aromatic heterocycles. The van der Waals surface area contributed by atoms with Crippen molar-refractivity contribution in [2.24, 2.45) is 5.73 Å². The molecular weight excluding hydrogens is 1420 g/mol. The first kappa shape index (κ1) is 69.3. The molecule has 4 heterocycles. The van der Waals surface area contributed by atoms with Gasteiger partial charge in [0.05, 0.1) is 55.1 Å². The number of aromatic nitrogens is 12. The maximum atomic E-state index is 11.3. The van der Waals surface area contributed by atoms with E-state index in [-0.39, 0.29) is 40.6 Å². The second kappa shape index (κ2) is 32.3. The van der Waals surface area contributed by atoms with Crippen molar-refractivity contribution < 1.29 is 33.5 Å². The van der Waals surface area contributed by atoms with E-state index in [1.165, 1.54) is 37.6 Å². The highest BCUT2D eigenvalue weighted by Gasteiger charge is 2.17. The lowest BCUT2D eigenvalue weighted by molar-refractivity contribution is -0.535. The van der Waals surface area contributed by atoms with Crippen LogP contribution in [0.2, 0.25) is 35.2 Å². The fourth-order valence-electron chi connectivity index (χ4n) is 6.67. The topological polar surface area (TPSA) is 463 Å². The molecule has 11 aromatic rings. The van der Waals surface area contributed by atoms with Gasteiger partial charge in [0.15, 0.2) is 15.3 Å². The number of H-pyrrole nitrogens is 2. The van der Waals surface area contributed by atoms with Crippen molar-refractivity contribution in [3.8, 4) is 28.8 Å². The minimum Gasteiger partial charge on any atom is -0.497 e. The van der Waals surface area contributed by atoms with Gasteiger partial charge in [-0.1, -0.05) is 91.4 Å². The first-order chi connectivity index (χ1) is 41.2. The number of ether oxygens (including phenoxy) is 2. The summed E-state index contributed by atoms with van der Waals surface area (Å²) in [5.41, 5.74) is 36.9. The van der Waals surface area contributed by atoms with Gasteiger partial charge in [-0.15, -0.1) is 20.4 Å². The Morgan fingerprint density at radius 1 is 0.563 bits per heavy atom. The second-order valence-corrected chi connectivity index (χ2v) is 20.9. The summed E-state index contributed by atoms with van der Waals surface area (Å²) in [6.07, 6.45) is 1.25. The molecule has 0 atom stereocenters. The van der Waals surface area contributed by atoms with E-state index in [0.29, 0.717) is 104 Å². The molecule has 0 radical (unpaired) electrons. The molecule has 0 bridgehead atoms. The lowest BCUT2D eigenvalue weighted by atomic mass is 9.80. The molecule has 448 valence electrons. The van der Waals surface area contributed by atoms with Crippen LogP contribution in [0.5, 0.6) is 11.5 Å². The lowest BCUT2D eigenvalue weighted by Gasteiger charge is -2.10. The molecule has 38 heteroatoms. The smallest absolute Gasteiger partial charge is 0.490 e. The van der Waals surface area contributed by atoms with Crippen molar-refractivity contribution in [2.45, 2.75) is 0 Å². The van der Waals surface area contributed by atoms with E-state index in [0.717, 1.165) is 15.6 Å². The number of benzene rings is 7. The van der Waals surface area contributed by atoms with Gasteiger partial charge in [-0.2, -0.15) is 5.26 Å². The second-order valence-electron chi connectivity index (χ2n) is 16.3. The summed E-state index contributed by atoms with van der Waals surface area (Å²) in [5, 5.41) is 58.2. The van der Waals surface area contributed by atoms with Crippen LogP contribution < -0.4 is 58.4 Å². The van der Waals surface area contributed by atoms with Crippen LogP contribution in [0.15, 0.2) is 118 Å². The van der Waals surface area contributed by atoms with Crippen molar-refractivity contribution in [1.82, 2.24) is 50.5 Å². The zero-order valence-corrected chi connectivity index (χ0v) is 52.5. The third-order valence-corrected chi connectivity index (χ3v) is 14.4. The van der Waals surface area contributed by atoms with Crippen molar-refractivity contribution in [2.75, 3.05) is 42.9 Å². The number of nitrogens with zero attached hydrogens (tertiary/aromatic N) is 12. The third kappa shape index (κ3) is 19.8. The van der Waals surface area contributed by atoms with Crippen LogP contribution >= 0.6 is 113 Å². The van der Waals surface area contributed by atoms with Gasteiger partial charge in [-0.05, 0) is 123 Å². The van der Waals surface area contributed by atoms with Gasteiger partial charge in [-0.3, -0.25) is 10.1 Å². The molecule has 16 N–H and O–H groups in total. The van der Waals surface area contributed by atoms with Crippen LogP contribution in [-0.4, -0.2) is 86.8 Å². The van der Waals surface area contributed by atoms with Crippen LogP contribution in [0, 0.1) is 31.4 Å². The number of fused-ring (bicyclic) bond motifs is 4. The molecule has 0 saturated carbocycles. The molecule has 0 aliphatic carbocycles. The summed E-state index contributed by atoms with van der Waals surface area (Å²) in [5.74, 6) is 1.59. The Hall–Kier alpha value is -8.52. The average molecular weight is 1460 g/mol. The quantitative estimate of drug-likeness (QED) is 0.0146. The molecule has 0 amide bonds. The Morgan fingerprint density at radius 3 is 1.56 bits per heavy atom.